The lowest BCUT2D eigenvalue weighted by molar-refractivity contribution is -0.144. The number of esters is 1. The molecule has 0 aliphatic heterocycles. The Hall–Kier alpha value is -3.41. The smallest absolute Gasteiger partial charge is 0.355 e. The van der Waals surface area contributed by atoms with Crippen LogP contribution in [0, 0.1) is 13.8 Å². The van der Waals surface area contributed by atoms with Crippen LogP contribution >= 0.6 is 0 Å². The maximum absolute atomic E-state index is 12.3. The molecule has 27 heavy (non-hydrogen) atoms. The third-order valence-electron chi connectivity index (χ3n) is 3.63. The summed E-state index contributed by atoms with van der Waals surface area (Å²) in [7, 11) is 0. The van der Waals surface area contributed by atoms with Gasteiger partial charge in [0.1, 0.15) is 5.70 Å². The number of carbonyl (C=O) groups excluding carboxylic acids is 3. The number of ether oxygens (including phenoxy) is 1. The number of rotatable bonds is 6. The van der Waals surface area contributed by atoms with Gasteiger partial charge in [0, 0.05) is 12.6 Å². The van der Waals surface area contributed by atoms with E-state index in [1.165, 1.54) is 13.0 Å². The zero-order chi connectivity index (χ0) is 19.8. The Morgan fingerprint density at radius 3 is 2.37 bits per heavy atom. The van der Waals surface area contributed by atoms with Crippen molar-refractivity contribution in [2.24, 2.45) is 0 Å². The molecule has 0 spiro atoms. The van der Waals surface area contributed by atoms with Gasteiger partial charge in [-0.1, -0.05) is 48.0 Å². The normalized spacial score (nSPS) is 10.9. The summed E-state index contributed by atoms with van der Waals surface area (Å²) in [4.78, 5) is 35.7. The summed E-state index contributed by atoms with van der Waals surface area (Å²) in [6.45, 7) is 4.67. The zero-order valence-corrected chi connectivity index (χ0v) is 15.5. The van der Waals surface area contributed by atoms with Gasteiger partial charge in [-0.05, 0) is 37.1 Å². The Labute approximate surface area is 158 Å². The van der Waals surface area contributed by atoms with Crippen molar-refractivity contribution in [3.63, 3.8) is 0 Å². The average molecular weight is 366 g/mol. The molecule has 2 aromatic carbocycles. The van der Waals surface area contributed by atoms with Gasteiger partial charge in [-0.15, -0.1) is 0 Å². The zero-order valence-electron chi connectivity index (χ0n) is 15.5. The molecule has 0 radical (unpaired) electrons. The highest BCUT2D eigenvalue weighted by atomic mass is 16.5. The van der Waals surface area contributed by atoms with Gasteiger partial charge < -0.3 is 15.4 Å². The SMILES string of the molecule is CC(=O)N/C(=C\c1ccccc1)C(=O)OCC(=O)Nc1ccc(C)cc1C. The number of hydrogen-bond donors (Lipinski definition) is 2. The van der Waals surface area contributed by atoms with Crippen LogP contribution in [0.5, 0.6) is 0 Å². The Bertz CT molecular complexity index is 873. The third-order valence-corrected chi connectivity index (χ3v) is 3.63. The van der Waals surface area contributed by atoms with E-state index in [0.717, 1.165) is 16.7 Å². The monoisotopic (exact) mass is 366 g/mol. The molecule has 2 rings (SSSR count). The first-order valence-electron chi connectivity index (χ1n) is 8.43. The topological polar surface area (TPSA) is 84.5 Å². The van der Waals surface area contributed by atoms with Gasteiger partial charge in [-0.2, -0.15) is 0 Å². The lowest BCUT2D eigenvalue weighted by Crippen LogP contribution is -2.29. The van der Waals surface area contributed by atoms with E-state index in [0.29, 0.717) is 5.69 Å². The predicted octanol–water partition coefficient (Wildman–Crippen LogP) is 2.96. The van der Waals surface area contributed by atoms with Crippen LogP contribution in [0.15, 0.2) is 54.2 Å². The minimum Gasteiger partial charge on any atom is -0.451 e. The van der Waals surface area contributed by atoms with E-state index < -0.39 is 24.4 Å². The summed E-state index contributed by atoms with van der Waals surface area (Å²) >= 11 is 0. The number of anilines is 1. The van der Waals surface area contributed by atoms with Crippen LogP contribution in [0.1, 0.15) is 23.6 Å². The molecule has 0 heterocycles. The molecule has 0 atom stereocenters. The minimum absolute atomic E-state index is 0.0342. The summed E-state index contributed by atoms with van der Waals surface area (Å²) in [6.07, 6.45) is 1.49. The third kappa shape index (κ3) is 6.43. The standard InChI is InChI=1S/C21H22N2O4/c1-14-9-10-18(15(2)11-14)23-20(25)13-27-21(26)19(22-16(3)24)12-17-7-5-4-6-8-17/h4-12H,13H2,1-3H3,(H,22,24)(H,23,25)/b19-12-. The van der Waals surface area contributed by atoms with Crippen molar-refractivity contribution < 1.29 is 19.1 Å². The van der Waals surface area contributed by atoms with Crippen LogP contribution < -0.4 is 10.6 Å². The second-order valence-electron chi connectivity index (χ2n) is 6.09. The largest absolute Gasteiger partial charge is 0.451 e. The second kappa shape index (κ2) is 9.33. The Morgan fingerprint density at radius 2 is 1.74 bits per heavy atom. The van der Waals surface area contributed by atoms with Crippen LogP contribution in [-0.4, -0.2) is 24.4 Å². The first-order valence-corrected chi connectivity index (χ1v) is 8.43. The van der Waals surface area contributed by atoms with E-state index in [9.17, 15) is 14.4 Å². The van der Waals surface area contributed by atoms with E-state index in [1.807, 2.05) is 32.0 Å². The molecule has 0 aliphatic carbocycles. The molecule has 0 fully saturated rings. The van der Waals surface area contributed by atoms with Crippen molar-refractivity contribution in [3.05, 3.63) is 70.9 Å². The van der Waals surface area contributed by atoms with Crippen LogP contribution in [0.25, 0.3) is 6.08 Å². The molecule has 2 aromatic rings. The number of nitrogens with one attached hydrogen (secondary N) is 2. The number of amides is 2. The van der Waals surface area contributed by atoms with Crippen molar-refractivity contribution in [2.75, 3.05) is 11.9 Å². The quantitative estimate of drug-likeness (QED) is 0.608. The molecular formula is C21H22N2O4. The molecule has 6 heteroatoms. The van der Waals surface area contributed by atoms with Crippen molar-refractivity contribution in [3.8, 4) is 0 Å². The van der Waals surface area contributed by atoms with Crippen LogP contribution in [-0.2, 0) is 19.1 Å². The van der Waals surface area contributed by atoms with Gasteiger partial charge in [-0.3, -0.25) is 9.59 Å². The van der Waals surface area contributed by atoms with E-state index >= 15 is 0 Å². The Kier molecular flexibility index (Phi) is 6.88. The number of aryl methyl sites for hydroxylation is 2. The molecule has 2 amide bonds. The lowest BCUT2D eigenvalue weighted by atomic mass is 10.1. The van der Waals surface area contributed by atoms with Gasteiger partial charge in [0.05, 0.1) is 0 Å². The van der Waals surface area contributed by atoms with Crippen LogP contribution in [0.4, 0.5) is 5.69 Å². The molecule has 0 saturated heterocycles. The van der Waals surface area contributed by atoms with Crippen molar-refractivity contribution >= 4 is 29.5 Å². The van der Waals surface area contributed by atoms with Crippen LogP contribution in [0.2, 0.25) is 0 Å². The fourth-order valence-corrected chi connectivity index (χ4v) is 2.40. The molecule has 0 aliphatic rings. The van der Waals surface area contributed by atoms with Gasteiger partial charge in [0.15, 0.2) is 6.61 Å². The number of benzene rings is 2. The maximum atomic E-state index is 12.3. The summed E-state index contributed by atoms with van der Waals surface area (Å²) in [5.41, 5.74) is 3.34. The molecular weight excluding hydrogens is 344 g/mol. The highest BCUT2D eigenvalue weighted by Crippen LogP contribution is 2.16. The van der Waals surface area contributed by atoms with Crippen LogP contribution in [0.3, 0.4) is 0 Å². The minimum atomic E-state index is -0.787. The van der Waals surface area contributed by atoms with E-state index in [2.05, 4.69) is 10.6 Å². The predicted molar refractivity (Wildman–Crippen MR) is 104 cm³/mol. The highest BCUT2D eigenvalue weighted by Gasteiger charge is 2.15. The van der Waals surface area contributed by atoms with E-state index in [-0.39, 0.29) is 5.70 Å². The van der Waals surface area contributed by atoms with Gasteiger partial charge >= 0.3 is 5.97 Å². The molecule has 0 saturated carbocycles. The highest BCUT2D eigenvalue weighted by molar-refractivity contribution is 5.99. The Balaban J connectivity index is 2.01. The number of hydrogen-bond acceptors (Lipinski definition) is 4. The molecule has 0 aromatic heterocycles. The summed E-state index contributed by atoms with van der Waals surface area (Å²) < 4.78 is 5.04. The first-order chi connectivity index (χ1) is 12.8. The van der Waals surface area contributed by atoms with Crippen molar-refractivity contribution in [2.45, 2.75) is 20.8 Å². The molecule has 0 bridgehead atoms. The molecule has 0 unspecified atom stereocenters. The second-order valence-corrected chi connectivity index (χ2v) is 6.09. The number of carbonyl (C=O) groups is 3. The van der Waals surface area contributed by atoms with E-state index in [1.54, 1.807) is 30.3 Å². The van der Waals surface area contributed by atoms with Gasteiger partial charge in [-0.25, -0.2) is 4.79 Å². The Morgan fingerprint density at radius 1 is 1.04 bits per heavy atom. The van der Waals surface area contributed by atoms with Crippen molar-refractivity contribution in [1.29, 1.82) is 0 Å². The lowest BCUT2D eigenvalue weighted by Gasteiger charge is -2.11. The summed E-state index contributed by atoms with van der Waals surface area (Å²) in [6, 6.07) is 14.6. The maximum Gasteiger partial charge on any atom is 0.355 e. The van der Waals surface area contributed by atoms with E-state index in [4.69, 9.17) is 4.74 Å². The molecule has 6 nitrogen and oxygen atoms in total. The summed E-state index contributed by atoms with van der Waals surface area (Å²) in [5.74, 6) is -1.66. The fraction of sp³-hybridized carbons (Fsp3) is 0.190. The molecule has 140 valence electrons. The van der Waals surface area contributed by atoms with Gasteiger partial charge in [0.2, 0.25) is 5.91 Å². The van der Waals surface area contributed by atoms with Gasteiger partial charge in [0.25, 0.3) is 5.91 Å². The summed E-state index contributed by atoms with van der Waals surface area (Å²) in [5, 5.41) is 5.13. The first kappa shape index (κ1) is 19.9. The van der Waals surface area contributed by atoms with Crippen molar-refractivity contribution in [1.82, 2.24) is 5.32 Å². The fourth-order valence-electron chi connectivity index (χ4n) is 2.40. The average Bonchev–Trinajstić information content (AvgIpc) is 2.62. The molecule has 2 N–H and O–H groups in total.